The van der Waals surface area contributed by atoms with E-state index >= 15 is 0 Å². The molecule has 5 heteroatoms. The van der Waals surface area contributed by atoms with Crippen molar-refractivity contribution < 1.29 is 4.79 Å². The number of nitrogens with zero attached hydrogens (tertiary/aromatic N) is 1. The molecule has 4 aliphatic rings. The Bertz CT molecular complexity index is 847. The molecule has 1 atom stereocenters. The molecule has 4 bridgehead atoms. The zero-order valence-corrected chi connectivity index (χ0v) is 17.9. The van der Waals surface area contributed by atoms with Crippen LogP contribution >= 0.6 is 11.3 Å². The van der Waals surface area contributed by atoms with Crippen LogP contribution in [-0.2, 0) is 0 Å². The van der Waals surface area contributed by atoms with Crippen LogP contribution < -0.4 is 10.6 Å². The number of rotatable bonds is 4. The van der Waals surface area contributed by atoms with Gasteiger partial charge in [-0.15, -0.1) is 11.3 Å². The van der Waals surface area contributed by atoms with Gasteiger partial charge in [-0.25, -0.2) is 4.79 Å². The van der Waals surface area contributed by atoms with Crippen LogP contribution in [0.3, 0.4) is 0 Å². The van der Waals surface area contributed by atoms with Gasteiger partial charge in [-0.2, -0.15) is 0 Å². The quantitative estimate of drug-likeness (QED) is 0.704. The fourth-order valence-corrected chi connectivity index (χ4v) is 7.83. The molecule has 4 saturated carbocycles. The Balaban J connectivity index is 1.33. The summed E-state index contributed by atoms with van der Waals surface area (Å²) < 4.78 is 2.16. The van der Waals surface area contributed by atoms with Crippen LogP contribution in [0.4, 0.5) is 4.79 Å². The Morgan fingerprint density at radius 2 is 1.68 bits per heavy atom. The first-order chi connectivity index (χ1) is 13.4. The van der Waals surface area contributed by atoms with Gasteiger partial charge >= 0.3 is 6.03 Å². The van der Waals surface area contributed by atoms with Crippen LogP contribution in [0.25, 0.3) is 5.00 Å². The molecule has 4 nitrogen and oxygen atoms in total. The Morgan fingerprint density at radius 3 is 2.25 bits per heavy atom. The minimum absolute atomic E-state index is 0.0103. The van der Waals surface area contributed by atoms with Gasteiger partial charge in [0.25, 0.3) is 0 Å². The van der Waals surface area contributed by atoms with Crippen molar-refractivity contribution in [1.29, 1.82) is 0 Å². The Kier molecular flexibility index (Phi) is 4.34. The molecule has 4 fully saturated rings. The van der Waals surface area contributed by atoms with E-state index in [0.29, 0.717) is 0 Å². The molecular weight excluding hydrogens is 366 g/mol. The summed E-state index contributed by atoms with van der Waals surface area (Å²) in [6, 6.07) is 4.09. The molecule has 4 aliphatic carbocycles. The van der Waals surface area contributed by atoms with Crippen molar-refractivity contribution in [2.24, 2.45) is 17.8 Å². The molecule has 0 unspecified atom stereocenters. The van der Waals surface area contributed by atoms with Crippen molar-refractivity contribution in [3.05, 3.63) is 40.5 Å². The minimum Gasteiger partial charge on any atom is -0.333 e. The summed E-state index contributed by atoms with van der Waals surface area (Å²) >= 11 is 1.80. The Hall–Kier alpha value is -1.75. The zero-order chi connectivity index (χ0) is 19.5. The maximum absolute atomic E-state index is 13.0. The molecule has 150 valence electrons. The fraction of sp³-hybridized carbons (Fsp3) is 0.609. The second-order valence-corrected chi connectivity index (χ2v) is 10.8. The SMILES string of the molecule is Cc1sc(-n2cccc2)c([C@H](C)NC(=O)NC23CC4CC(CC(C4)C2)C3)c1C. The van der Waals surface area contributed by atoms with Crippen molar-refractivity contribution in [3.8, 4) is 5.00 Å². The third kappa shape index (κ3) is 3.08. The average molecular weight is 398 g/mol. The number of amides is 2. The molecule has 0 radical (unpaired) electrons. The monoisotopic (exact) mass is 397 g/mol. The van der Waals surface area contributed by atoms with Crippen molar-refractivity contribution >= 4 is 17.4 Å². The van der Waals surface area contributed by atoms with Crippen molar-refractivity contribution in [3.63, 3.8) is 0 Å². The molecule has 2 heterocycles. The van der Waals surface area contributed by atoms with E-state index in [4.69, 9.17) is 0 Å². The van der Waals surface area contributed by atoms with E-state index in [1.54, 1.807) is 11.3 Å². The van der Waals surface area contributed by atoms with Gasteiger partial charge in [0.05, 0.1) is 6.04 Å². The summed E-state index contributed by atoms with van der Waals surface area (Å²) in [5.74, 6) is 2.52. The highest BCUT2D eigenvalue weighted by molar-refractivity contribution is 7.14. The van der Waals surface area contributed by atoms with E-state index < -0.39 is 0 Å². The van der Waals surface area contributed by atoms with Gasteiger partial charge in [-0.3, -0.25) is 0 Å². The van der Waals surface area contributed by atoms with E-state index in [0.717, 1.165) is 17.8 Å². The number of thiophene rings is 1. The average Bonchev–Trinajstić information content (AvgIpc) is 3.21. The third-order valence-corrected chi connectivity index (χ3v) is 8.69. The van der Waals surface area contributed by atoms with Crippen molar-refractivity contribution in [2.75, 3.05) is 0 Å². The number of urea groups is 1. The summed E-state index contributed by atoms with van der Waals surface area (Å²) in [4.78, 5) is 14.3. The van der Waals surface area contributed by atoms with Crippen molar-refractivity contribution in [2.45, 2.75) is 70.9 Å². The predicted molar refractivity (Wildman–Crippen MR) is 114 cm³/mol. The fourth-order valence-electron chi connectivity index (χ4n) is 6.61. The first-order valence-electron chi connectivity index (χ1n) is 10.7. The van der Waals surface area contributed by atoms with Gasteiger partial charge in [-0.1, -0.05) is 0 Å². The first kappa shape index (κ1) is 18.3. The molecule has 28 heavy (non-hydrogen) atoms. The van der Waals surface area contributed by atoms with Crippen LogP contribution in [0.2, 0.25) is 0 Å². The molecule has 2 aromatic rings. The molecule has 2 N–H and O–H groups in total. The van der Waals surface area contributed by atoms with E-state index in [1.807, 2.05) is 12.1 Å². The van der Waals surface area contributed by atoms with Crippen LogP contribution in [0.15, 0.2) is 24.5 Å². The van der Waals surface area contributed by atoms with Crippen molar-refractivity contribution in [1.82, 2.24) is 15.2 Å². The number of nitrogens with one attached hydrogen (secondary N) is 2. The van der Waals surface area contributed by atoms with Crippen LogP contribution in [-0.4, -0.2) is 16.1 Å². The number of aryl methyl sites for hydroxylation is 1. The highest BCUT2D eigenvalue weighted by Crippen LogP contribution is 2.55. The van der Waals surface area contributed by atoms with Gasteiger partial charge in [-0.05, 0) is 94.7 Å². The minimum atomic E-state index is -0.0173. The maximum atomic E-state index is 13.0. The highest BCUT2D eigenvalue weighted by atomic mass is 32.1. The Morgan fingerprint density at radius 1 is 1.11 bits per heavy atom. The summed E-state index contributed by atoms with van der Waals surface area (Å²) in [7, 11) is 0. The molecule has 0 aliphatic heterocycles. The Labute approximate surface area is 171 Å². The van der Waals surface area contributed by atoms with Gasteiger partial charge in [0, 0.05) is 28.4 Å². The smallest absolute Gasteiger partial charge is 0.315 e. The number of carbonyl (C=O) groups is 1. The second kappa shape index (κ2) is 6.65. The molecule has 2 aromatic heterocycles. The summed E-state index contributed by atoms with van der Waals surface area (Å²) in [5.41, 5.74) is 2.58. The second-order valence-electron chi connectivity index (χ2n) is 9.61. The first-order valence-corrected chi connectivity index (χ1v) is 11.6. The molecule has 6 rings (SSSR count). The van der Waals surface area contributed by atoms with Gasteiger partial charge in [0.1, 0.15) is 5.00 Å². The topological polar surface area (TPSA) is 46.1 Å². The summed E-state index contributed by atoms with van der Waals surface area (Å²) in [6.45, 7) is 6.45. The van der Waals surface area contributed by atoms with Crippen LogP contribution in [0.5, 0.6) is 0 Å². The molecular formula is C23H31N3OS. The standard InChI is InChI=1S/C23H31N3OS/c1-14-16(3)28-21(26-6-4-5-7-26)20(14)15(2)24-22(27)25-23-11-17-8-18(12-23)10-19(9-17)13-23/h4-7,15,17-19H,8-13H2,1-3H3,(H2,24,25,27)/t15-,17?,18?,19?,23?/m0/s1. The highest BCUT2D eigenvalue weighted by Gasteiger charge is 2.51. The van der Waals surface area contributed by atoms with E-state index in [1.165, 1.54) is 59.5 Å². The number of aromatic nitrogens is 1. The molecule has 2 amide bonds. The largest absolute Gasteiger partial charge is 0.333 e. The molecule has 0 aromatic carbocycles. The van der Waals surface area contributed by atoms with E-state index in [2.05, 4.69) is 48.4 Å². The summed E-state index contributed by atoms with van der Waals surface area (Å²) in [6.07, 6.45) is 11.9. The normalized spacial score (nSPS) is 31.8. The lowest BCUT2D eigenvalue weighted by Crippen LogP contribution is -2.61. The van der Waals surface area contributed by atoms with E-state index in [-0.39, 0.29) is 17.6 Å². The van der Waals surface area contributed by atoms with Crippen LogP contribution in [0.1, 0.15) is 67.5 Å². The number of hydrogen-bond acceptors (Lipinski definition) is 2. The maximum Gasteiger partial charge on any atom is 0.315 e. The molecule has 0 spiro atoms. The van der Waals surface area contributed by atoms with Gasteiger partial charge < -0.3 is 15.2 Å². The predicted octanol–water partition coefficient (Wildman–Crippen LogP) is 5.48. The lowest BCUT2D eigenvalue weighted by Gasteiger charge is -2.56. The van der Waals surface area contributed by atoms with E-state index in [9.17, 15) is 4.79 Å². The van der Waals surface area contributed by atoms with Crippen LogP contribution in [0, 0.1) is 31.6 Å². The summed E-state index contributed by atoms with van der Waals surface area (Å²) in [5, 5.41) is 7.93. The molecule has 0 saturated heterocycles. The van der Waals surface area contributed by atoms with Gasteiger partial charge in [0.15, 0.2) is 0 Å². The lowest BCUT2D eigenvalue weighted by molar-refractivity contribution is -0.0136. The number of carbonyl (C=O) groups excluding carboxylic acids is 1. The lowest BCUT2D eigenvalue weighted by atomic mass is 9.53. The van der Waals surface area contributed by atoms with Gasteiger partial charge in [0.2, 0.25) is 0 Å². The zero-order valence-electron chi connectivity index (χ0n) is 17.1. The third-order valence-electron chi connectivity index (χ3n) is 7.45. The number of hydrogen-bond donors (Lipinski definition) is 2.